The number of nitrogens with one attached hydrogen (secondary N) is 3. The molecule has 0 saturated carbocycles. The Labute approximate surface area is 259 Å². The molecule has 0 aliphatic rings. The maximum atomic E-state index is 13.7. The number of hydrogen-bond acceptors (Lipinski definition) is 7. The van der Waals surface area contributed by atoms with Gasteiger partial charge in [-0.2, -0.15) is 5.10 Å². The second-order valence-electron chi connectivity index (χ2n) is 9.56. The van der Waals surface area contributed by atoms with E-state index in [9.17, 15) is 28.0 Å². The number of methoxy groups -OCH3 is 1. The van der Waals surface area contributed by atoms with Crippen LogP contribution in [0.15, 0.2) is 79.0 Å². The van der Waals surface area contributed by atoms with E-state index in [-0.39, 0.29) is 46.3 Å². The number of rotatable bonds is 9. The highest BCUT2D eigenvalue weighted by Crippen LogP contribution is 2.22. The minimum Gasteiger partial charge on any atom is -0.465 e. The zero-order valence-electron chi connectivity index (χ0n) is 23.4. The monoisotopic (exact) mass is 632 g/mol. The highest BCUT2D eigenvalue weighted by atomic mass is 35.5. The van der Waals surface area contributed by atoms with Crippen molar-refractivity contribution in [3.05, 3.63) is 129 Å². The van der Waals surface area contributed by atoms with Crippen LogP contribution >= 0.6 is 11.6 Å². The fraction of sp³-hybridized carbons (Fsp3) is 0.0968. The van der Waals surface area contributed by atoms with Crippen molar-refractivity contribution in [1.82, 2.24) is 25.2 Å². The highest BCUT2D eigenvalue weighted by molar-refractivity contribution is 6.34. The van der Waals surface area contributed by atoms with Crippen LogP contribution in [0.3, 0.4) is 0 Å². The Morgan fingerprint density at radius 1 is 0.844 bits per heavy atom. The van der Waals surface area contributed by atoms with Crippen molar-refractivity contribution in [1.29, 1.82) is 0 Å². The molecule has 3 aromatic carbocycles. The second-order valence-corrected chi connectivity index (χ2v) is 9.96. The van der Waals surface area contributed by atoms with Crippen LogP contribution < -0.4 is 16.0 Å². The van der Waals surface area contributed by atoms with E-state index in [1.54, 1.807) is 48.5 Å². The van der Waals surface area contributed by atoms with E-state index in [0.717, 1.165) is 16.6 Å². The highest BCUT2D eigenvalue weighted by Gasteiger charge is 2.23. The van der Waals surface area contributed by atoms with Crippen LogP contribution in [-0.4, -0.2) is 45.4 Å². The first kappa shape index (κ1) is 30.8. The summed E-state index contributed by atoms with van der Waals surface area (Å²) in [4.78, 5) is 55.8. The fourth-order valence-corrected chi connectivity index (χ4v) is 4.41. The van der Waals surface area contributed by atoms with Crippen LogP contribution in [0.4, 0.5) is 14.5 Å². The minimum absolute atomic E-state index is 0.0445. The summed E-state index contributed by atoms with van der Waals surface area (Å²) in [5, 5.41) is 12.4. The summed E-state index contributed by atoms with van der Waals surface area (Å²) >= 11 is 6.18. The number of anilines is 1. The second kappa shape index (κ2) is 13.3. The van der Waals surface area contributed by atoms with Crippen molar-refractivity contribution in [2.45, 2.75) is 13.1 Å². The normalized spacial score (nSPS) is 10.8. The average molecular weight is 633 g/mol. The lowest BCUT2D eigenvalue weighted by atomic mass is 10.1. The first-order chi connectivity index (χ1) is 21.6. The van der Waals surface area contributed by atoms with Gasteiger partial charge in [-0.3, -0.25) is 14.4 Å². The first-order valence-electron chi connectivity index (χ1n) is 13.3. The van der Waals surface area contributed by atoms with Crippen molar-refractivity contribution >= 4 is 46.6 Å². The predicted molar refractivity (Wildman–Crippen MR) is 159 cm³/mol. The molecule has 14 heteroatoms. The molecule has 228 valence electrons. The van der Waals surface area contributed by atoms with Crippen molar-refractivity contribution in [3.8, 4) is 0 Å². The standard InChI is InChI=1S/C31H23ClF2N6O5/c1-45-31(44)19-9-6-17(7-10-19)14-36-30(43)26-13-25(29(42)35-15-18-8-11-22(33)23(34)12-18)38-27-20(16-37-40(26)27)28(41)39-24-5-3-2-4-21(24)32/h2-13,16H,14-15H2,1H3,(H,35,42)(H,36,43)(H,39,41). The van der Waals surface area contributed by atoms with Gasteiger partial charge in [-0.25, -0.2) is 23.1 Å². The Morgan fingerprint density at radius 3 is 2.24 bits per heavy atom. The maximum Gasteiger partial charge on any atom is 0.337 e. The smallest absolute Gasteiger partial charge is 0.337 e. The number of para-hydroxylation sites is 1. The zero-order valence-corrected chi connectivity index (χ0v) is 24.2. The number of carbonyl (C=O) groups excluding carboxylic acids is 4. The van der Waals surface area contributed by atoms with Gasteiger partial charge in [0.15, 0.2) is 17.3 Å². The van der Waals surface area contributed by atoms with Crippen molar-refractivity contribution in [2.24, 2.45) is 0 Å². The van der Waals surface area contributed by atoms with E-state index < -0.39 is 35.3 Å². The van der Waals surface area contributed by atoms with Gasteiger partial charge in [-0.15, -0.1) is 0 Å². The van der Waals surface area contributed by atoms with Gasteiger partial charge in [0, 0.05) is 19.2 Å². The molecule has 0 bridgehead atoms. The Balaban J connectivity index is 1.44. The molecule has 5 rings (SSSR count). The molecular formula is C31H23ClF2N6O5. The number of nitrogens with zero attached hydrogens (tertiary/aromatic N) is 3. The van der Waals surface area contributed by atoms with Gasteiger partial charge >= 0.3 is 5.97 Å². The topological polar surface area (TPSA) is 144 Å². The summed E-state index contributed by atoms with van der Waals surface area (Å²) in [7, 11) is 1.27. The van der Waals surface area contributed by atoms with E-state index in [2.05, 4.69) is 26.0 Å². The number of esters is 1. The Kier molecular flexibility index (Phi) is 9.09. The zero-order chi connectivity index (χ0) is 32.1. The van der Waals surface area contributed by atoms with Gasteiger partial charge < -0.3 is 20.7 Å². The summed E-state index contributed by atoms with van der Waals surface area (Å²) in [6.45, 7) is -0.131. The molecule has 0 saturated heterocycles. The van der Waals surface area contributed by atoms with E-state index in [1.807, 2.05) is 0 Å². The summed E-state index contributed by atoms with van der Waals surface area (Å²) in [6.07, 6.45) is 1.19. The minimum atomic E-state index is -1.08. The number of carbonyl (C=O) groups is 4. The first-order valence-corrected chi connectivity index (χ1v) is 13.6. The Bertz CT molecular complexity index is 1950. The number of aromatic nitrogens is 3. The number of ether oxygens (including phenoxy) is 1. The van der Waals surface area contributed by atoms with Crippen molar-refractivity contribution in [3.63, 3.8) is 0 Å². The van der Waals surface area contributed by atoms with E-state index >= 15 is 0 Å². The molecule has 11 nitrogen and oxygen atoms in total. The Hall–Kier alpha value is -5.69. The molecule has 0 unspecified atom stereocenters. The summed E-state index contributed by atoms with van der Waals surface area (Å²) in [6, 6.07) is 17.3. The molecule has 45 heavy (non-hydrogen) atoms. The molecule has 3 amide bonds. The lowest BCUT2D eigenvalue weighted by Crippen LogP contribution is -2.28. The molecule has 2 aromatic heterocycles. The number of hydrogen-bond donors (Lipinski definition) is 3. The van der Waals surface area contributed by atoms with Gasteiger partial charge in [0.2, 0.25) is 0 Å². The Morgan fingerprint density at radius 2 is 1.53 bits per heavy atom. The van der Waals surface area contributed by atoms with Crippen LogP contribution in [-0.2, 0) is 17.8 Å². The lowest BCUT2D eigenvalue weighted by molar-refractivity contribution is 0.0600. The molecule has 0 fully saturated rings. The molecule has 0 radical (unpaired) electrons. The van der Waals surface area contributed by atoms with Crippen LogP contribution in [0.1, 0.15) is 52.8 Å². The van der Waals surface area contributed by atoms with Gasteiger partial charge in [0.25, 0.3) is 17.7 Å². The SMILES string of the molecule is COC(=O)c1ccc(CNC(=O)c2cc(C(=O)NCc3ccc(F)c(F)c3)nc3c(C(=O)Nc4ccccc4Cl)cnn23)cc1. The summed E-state index contributed by atoms with van der Waals surface area (Å²) in [5.41, 5.74) is 1.06. The van der Waals surface area contributed by atoms with Gasteiger partial charge in [-0.05, 0) is 47.5 Å². The molecule has 0 aliphatic carbocycles. The van der Waals surface area contributed by atoms with Gasteiger partial charge in [-0.1, -0.05) is 41.9 Å². The molecular weight excluding hydrogens is 610 g/mol. The lowest BCUT2D eigenvalue weighted by Gasteiger charge is -2.11. The van der Waals surface area contributed by atoms with Crippen LogP contribution in [0.2, 0.25) is 5.02 Å². The summed E-state index contributed by atoms with van der Waals surface area (Å²) < 4.78 is 32.8. The average Bonchev–Trinajstić information content (AvgIpc) is 3.49. The molecule has 2 heterocycles. The van der Waals surface area contributed by atoms with Gasteiger partial charge in [0.1, 0.15) is 17.0 Å². The third-order valence-electron chi connectivity index (χ3n) is 6.57. The predicted octanol–water partition coefficient (Wildman–Crippen LogP) is 4.56. The molecule has 3 N–H and O–H groups in total. The van der Waals surface area contributed by atoms with E-state index in [4.69, 9.17) is 16.3 Å². The van der Waals surface area contributed by atoms with Gasteiger partial charge in [0.05, 0.1) is 29.6 Å². The van der Waals surface area contributed by atoms with Crippen molar-refractivity contribution < 1.29 is 32.7 Å². The number of benzene rings is 3. The third-order valence-corrected chi connectivity index (χ3v) is 6.90. The van der Waals surface area contributed by atoms with Crippen LogP contribution in [0, 0.1) is 11.6 Å². The fourth-order valence-electron chi connectivity index (χ4n) is 4.23. The molecule has 5 aromatic rings. The summed E-state index contributed by atoms with van der Waals surface area (Å²) in [5.74, 6) is -4.68. The number of halogens is 3. The quantitative estimate of drug-likeness (QED) is 0.202. The van der Waals surface area contributed by atoms with Crippen molar-refractivity contribution in [2.75, 3.05) is 12.4 Å². The molecule has 0 aliphatic heterocycles. The van der Waals surface area contributed by atoms with E-state index in [0.29, 0.717) is 16.8 Å². The maximum absolute atomic E-state index is 13.7. The van der Waals surface area contributed by atoms with E-state index in [1.165, 1.54) is 25.4 Å². The molecule has 0 spiro atoms. The number of amides is 3. The van der Waals surface area contributed by atoms with Crippen LogP contribution in [0.5, 0.6) is 0 Å². The largest absolute Gasteiger partial charge is 0.465 e. The number of fused-ring (bicyclic) bond motifs is 1. The molecule has 0 atom stereocenters. The third kappa shape index (κ3) is 6.94. The van der Waals surface area contributed by atoms with Crippen LogP contribution in [0.25, 0.3) is 5.65 Å².